The molecule has 0 radical (unpaired) electrons. The van der Waals surface area contributed by atoms with Gasteiger partial charge in [0.1, 0.15) is 11.5 Å². The third kappa shape index (κ3) is 3.83. The number of rotatable bonds is 6. The first-order chi connectivity index (χ1) is 13.5. The lowest BCUT2D eigenvalue weighted by Crippen LogP contribution is -2.30. The minimum absolute atomic E-state index is 0.119. The van der Waals surface area contributed by atoms with Crippen LogP contribution >= 0.6 is 15.9 Å². The summed E-state index contributed by atoms with van der Waals surface area (Å²) < 4.78 is 6.04. The number of hydrogen-bond acceptors (Lipinski definition) is 4. The second-order valence-corrected chi connectivity index (χ2v) is 7.54. The lowest BCUT2D eigenvalue weighted by molar-refractivity contribution is -0.139. The standard InChI is InChI=1S/C22H22BrNO4/c1-3-4-13-24-19(14-5-9-16(23)10-6-14)18(21(26)22(24)27)20(25)15-7-11-17(28-2)12-8-15/h5-12,19,25H,3-4,13H2,1-2H3. The Morgan fingerprint density at radius 2 is 1.75 bits per heavy atom. The van der Waals surface area contributed by atoms with Gasteiger partial charge < -0.3 is 14.7 Å². The second-order valence-electron chi connectivity index (χ2n) is 6.63. The quantitative estimate of drug-likeness (QED) is 0.399. The molecule has 1 aliphatic heterocycles. The van der Waals surface area contributed by atoms with Crippen molar-refractivity contribution < 1.29 is 19.4 Å². The number of hydrogen-bond donors (Lipinski definition) is 1. The van der Waals surface area contributed by atoms with E-state index >= 15 is 0 Å². The lowest BCUT2D eigenvalue weighted by atomic mass is 9.95. The molecule has 1 amide bonds. The van der Waals surface area contributed by atoms with Crippen molar-refractivity contribution >= 4 is 33.4 Å². The average Bonchev–Trinajstić information content (AvgIpc) is 2.97. The Balaban J connectivity index is 2.12. The van der Waals surface area contributed by atoms with Gasteiger partial charge in [0, 0.05) is 16.6 Å². The van der Waals surface area contributed by atoms with Crippen molar-refractivity contribution in [1.82, 2.24) is 4.90 Å². The first-order valence-electron chi connectivity index (χ1n) is 9.16. The molecule has 1 N–H and O–H groups in total. The number of Topliss-reactive ketones (excluding diaryl/α,β-unsaturated/α-hetero) is 1. The number of carbonyl (C=O) groups is 2. The van der Waals surface area contributed by atoms with E-state index in [-0.39, 0.29) is 11.3 Å². The third-order valence-corrected chi connectivity index (χ3v) is 5.37. The fourth-order valence-electron chi connectivity index (χ4n) is 3.34. The van der Waals surface area contributed by atoms with Crippen molar-refractivity contribution in [1.29, 1.82) is 0 Å². The minimum Gasteiger partial charge on any atom is -0.507 e. The van der Waals surface area contributed by atoms with E-state index < -0.39 is 17.7 Å². The van der Waals surface area contributed by atoms with Gasteiger partial charge in [-0.1, -0.05) is 41.4 Å². The first-order valence-corrected chi connectivity index (χ1v) is 9.95. The molecule has 1 aliphatic rings. The molecule has 6 heteroatoms. The summed E-state index contributed by atoms with van der Waals surface area (Å²) in [6.45, 7) is 2.49. The fourth-order valence-corrected chi connectivity index (χ4v) is 3.60. The number of benzene rings is 2. The zero-order valence-corrected chi connectivity index (χ0v) is 17.4. The highest BCUT2D eigenvalue weighted by atomic mass is 79.9. The van der Waals surface area contributed by atoms with Crippen LogP contribution in [-0.2, 0) is 9.59 Å². The highest BCUT2D eigenvalue weighted by Crippen LogP contribution is 2.40. The summed E-state index contributed by atoms with van der Waals surface area (Å²) in [6, 6.07) is 13.6. The van der Waals surface area contributed by atoms with Crippen molar-refractivity contribution in [2.45, 2.75) is 25.8 Å². The Bertz CT molecular complexity index is 903. The van der Waals surface area contributed by atoms with Crippen molar-refractivity contribution in [3.8, 4) is 5.75 Å². The van der Waals surface area contributed by atoms with E-state index in [0.717, 1.165) is 22.9 Å². The molecule has 2 aromatic rings. The summed E-state index contributed by atoms with van der Waals surface area (Å²) in [7, 11) is 1.56. The van der Waals surface area contributed by atoms with Crippen LogP contribution < -0.4 is 4.74 Å². The number of ketones is 1. The van der Waals surface area contributed by atoms with Crippen molar-refractivity contribution in [3.05, 3.63) is 69.7 Å². The van der Waals surface area contributed by atoms with E-state index in [4.69, 9.17) is 4.74 Å². The van der Waals surface area contributed by atoms with Crippen molar-refractivity contribution in [2.24, 2.45) is 0 Å². The second kappa shape index (κ2) is 8.61. The number of carbonyl (C=O) groups excluding carboxylic acids is 2. The van der Waals surface area contributed by atoms with Gasteiger partial charge in [-0.3, -0.25) is 9.59 Å². The number of halogens is 1. The molecule has 3 rings (SSSR count). The molecule has 2 aromatic carbocycles. The van der Waals surface area contributed by atoms with Crippen LogP contribution in [0.25, 0.3) is 5.76 Å². The number of aliphatic hydroxyl groups excluding tert-OH is 1. The van der Waals surface area contributed by atoms with Gasteiger partial charge in [0.15, 0.2) is 0 Å². The highest BCUT2D eigenvalue weighted by Gasteiger charge is 2.45. The van der Waals surface area contributed by atoms with Gasteiger partial charge in [0.25, 0.3) is 11.7 Å². The summed E-state index contributed by atoms with van der Waals surface area (Å²) >= 11 is 3.41. The lowest BCUT2D eigenvalue weighted by Gasteiger charge is -2.25. The molecular formula is C22H22BrNO4. The Morgan fingerprint density at radius 3 is 2.32 bits per heavy atom. The summed E-state index contributed by atoms with van der Waals surface area (Å²) in [5, 5.41) is 10.9. The minimum atomic E-state index is -0.655. The summed E-state index contributed by atoms with van der Waals surface area (Å²) in [6.07, 6.45) is 1.68. The molecule has 5 nitrogen and oxygen atoms in total. The normalized spacial score (nSPS) is 18.5. The van der Waals surface area contributed by atoms with Crippen LogP contribution in [-0.4, -0.2) is 35.4 Å². The van der Waals surface area contributed by atoms with Crippen LogP contribution in [0.5, 0.6) is 5.75 Å². The molecule has 0 spiro atoms. The van der Waals surface area contributed by atoms with Crippen LogP contribution in [0.2, 0.25) is 0 Å². The Labute approximate surface area is 172 Å². The van der Waals surface area contributed by atoms with Gasteiger partial charge in [-0.15, -0.1) is 0 Å². The summed E-state index contributed by atoms with van der Waals surface area (Å²) in [5.74, 6) is -0.758. The Hall–Kier alpha value is -2.60. The van der Waals surface area contributed by atoms with Gasteiger partial charge in [0.05, 0.1) is 18.7 Å². The number of unbranched alkanes of at least 4 members (excludes halogenated alkanes) is 1. The van der Waals surface area contributed by atoms with Gasteiger partial charge >= 0.3 is 0 Å². The van der Waals surface area contributed by atoms with Crippen molar-refractivity contribution in [2.75, 3.05) is 13.7 Å². The smallest absolute Gasteiger partial charge is 0.295 e. The molecule has 0 aromatic heterocycles. The first kappa shape index (κ1) is 20.1. The molecule has 0 saturated carbocycles. The number of ether oxygens (including phenoxy) is 1. The number of aliphatic hydroxyl groups is 1. The van der Waals surface area contributed by atoms with E-state index in [2.05, 4.69) is 15.9 Å². The molecule has 1 fully saturated rings. The largest absolute Gasteiger partial charge is 0.507 e. The zero-order valence-electron chi connectivity index (χ0n) is 15.8. The highest BCUT2D eigenvalue weighted by molar-refractivity contribution is 9.10. The summed E-state index contributed by atoms with van der Waals surface area (Å²) in [5.41, 5.74) is 1.37. The van der Waals surface area contributed by atoms with Crippen LogP contribution in [0.1, 0.15) is 36.9 Å². The monoisotopic (exact) mass is 443 g/mol. The van der Waals surface area contributed by atoms with E-state index in [1.807, 2.05) is 31.2 Å². The average molecular weight is 444 g/mol. The predicted octanol–water partition coefficient (Wildman–Crippen LogP) is 4.68. The van der Waals surface area contributed by atoms with Gasteiger partial charge in [-0.05, 0) is 48.4 Å². The molecule has 28 heavy (non-hydrogen) atoms. The number of likely N-dealkylation sites (tertiary alicyclic amines) is 1. The molecular weight excluding hydrogens is 422 g/mol. The van der Waals surface area contributed by atoms with Crippen LogP contribution in [0.3, 0.4) is 0 Å². The van der Waals surface area contributed by atoms with E-state index in [0.29, 0.717) is 17.9 Å². The van der Waals surface area contributed by atoms with Crippen LogP contribution in [0.15, 0.2) is 58.6 Å². The van der Waals surface area contributed by atoms with E-state index in [1.165, 1.54) is 0 Å². The zero-order chi connectivity index (χ0) is 20.3. The van der Waals surface area contributed by atoms with E-state index in [1.54, 1.807) is 36.3 Å². The Morgan fingerprint density at radius 1 is 1.11 bits per heavy atom. The topological polar surface area (TPSA) is 66.8 Å². The molecule has 0 aliphatic carbocycles. The van der Waals surface area contributed by atoms with Crippen LogP contribution in [0, 0.1) is 0 Å². The maximum atomic E-state index is 12.8. The maximum Gasteiger partial charge on any atom is 0.295 e. The van der Waals surface area contributed by atoms with Gasteiger partial charge in [0.2, 0.25) is 0 Å². The summed E-state index contributed by atoms with van der Waals surface area (Å²) in [4.78, 5) is 27.1. The molecule has 146 valence electrons. The Kier molecular flexibility index (Phi) is 6.19. The van der Waals surface area contributed by atoms with Gasteiger partial charge in [-0.2, -0.15) is 0 Å². The SMILES string of the molecule is CCCCN1C(=O)C(=O)C(=C(O)c2ccc(OC)cc2)C1c1ccc(Br)cc1. The third-order valence-electron chi connectivity index (χ3n) is 4.84. The number of methoxy groups -OCH3 is 1. The molecule has 1 heterocycles. The fraction of sp³-hybridized carbons (Fsp3) is 0.273. The van der Waals surface area contributed by atoms with Crippen LogP contribution in [0.4, 0.5) is 0 Å². The predicted molar refractivity (Wildman–Crippen MR) is 111 cm³/mol. The molecule has 1 unspecified atom stereocenters. The molecule has 1 atom stereocenters. The van der Waals surface area contributed by atoms with Crippen molar-refractivity contribution in [3.63, 3.8) is 0 Å². The maximum absolute atomic E-state index is 12.8. The number of nitrogens with zero attached hydrogens (tertiary/aromatic N) is 1. The molecule has 0 bridgehead atoms. The van der Waals surface area contributed by atoms with E-state index in [9.17, 15) is 14.7 Å². The van der Waals surface area contributed by atoms with Gasteiger partial charge in [-0.25, -0.2) is 0 Å². The number of amides is 1. The molecule has 1 saturated heterocycles.